The molecule has 0 aliphatic carbocycles. The molecule has 1 aliphatic heterocycles. The third-order valence-electron chi connectivity index (χ3n) is 3.21. The number of halogens is 2. The molecule has 0 bridgehead atoms. The van der Waals surface area contributed by atoms with Crippen molar-refractivity contribution in [3.63, 3.8) is 0 Å². The summed E-state index contributed by atoms with van der Waals surface area (Å²) in [5.41, 5.74) is 0.590. The molecule has 0 radical (unpaired) electrons. The number of hydrogen-bond acceptors (Lipinski definition) is 4. The summed E-state index contributed by atoms with van der Waals surface area (Å²) in [4.78, 5) is 12.2. The van der Waals surface area contributed by atoms with Crippen molar-refractivity contribution in [1.82, 2.24) is 0 Å². The molecule has 0 saturated heterocycles. The largest absolute Gasteiger partial charge is 0.479 e. The highest BCUT2D eigenvalue weighted by Gasteiger charge is 2.19. The highest BCUT2D eigenvalue weighted by atomic mass is 35.5. The van der Waals surface area contributed by atoms with Gasteiger partial charge >= 0.3 is 0 Å². The van der Waals surface area contributed by atoms with Crippen LogP contribution in [-0.2, 0) is 4.79 Å². The van der Waals surface area contributed by atoms with E-state index in [4.69, 9.17) is 37.4 Å². The number of anilines is 1. The predicted octanol–water partition coefficient (Wildman–Crippen LogP) is 4.13. The Morgan fingerprint density at radius 1 is 1.17 bits per heavy atom. The minimum absolute atomic E-state index is 0.180. The van der Waals surface area contributed by atoms with Gasteiger partial charge < -0.3 is 19.5 Å². The number of hydrogen-bond donors (Lipinski definition) is 1. The van der Waals surface area contributed by atoms with Gasteiger partial charge in [0.2, 0.25) is 6.79 Å². The van der Waals surface area contributed by atoms with Crippen LogP contribution in [0.1, 0.15) is 6.92 Å². The summed E-state index contributed by atoms with van der Waals surface area (Å²) in [5, 5.41) is 3.62. The van der Waals surface area contributed by atoms with Crippen LogP contribution >= 0.6 is 23.2 Å². The first kappa shape index (κ1) is 15.8. The molecule has 0 fully saturated rings. The average molecular weight is 354 g/mol. The fourth-order valence-corrected chi connectivity index (χ4v) is 2.35. The van der Waals surface area contributed by atoms with Crippen LogP contribution in [0.3, 0.4) is 0 Å². The van der Waals surface area contributed by atoms with E-state index in [0.717, 1.165) is 0 Å². The molecule has 0 spiro atoms. The normalized spacial score (nSPS) is 13.5. The molecule has 1 heterocycles. The monoisotopic (exact) mass is 353 g/mol. The first-order valence-electron chi connectivity index (χ1n) is 6.85. The van der Waals surface area contributed by atoms with E-state index in [-0.39, 0.29) is 12.7 Å². The number of fused-ring (bicyclic) bond motifs is 1. The van der Waals surface area contributed by atoms with Crippen molar-refractivity contribution >= 4 is 34.8 Å². The molecule has 0 saturated carbocycles. The van der Waals surface area contributed by atoms with Crippen LogP contribution in [0.2, 0.25) is 10.0 Å². The van der Waals surface area contributed by atoms with E-state index in [9.17, 15) is 4.79 Å². The van der Waals surface area contributed by atoms with E-state index in [1.54, 1.807) is 43.3 Å². The quantitative estimate of drug-likeness (QED) is 0.897. The molecule has 5 nitrogen and oxygen atoms in total. The number of ether oxygens (including phenoxy) is 3. The molecule has 1 amide bonds. The lowest BCUT2D eigenvalue weighted by Gasteiger charge is -2.16. The molecule has 2 aromatic rings. The fraction of sp³-hybridized carbons (Fsp3) is 0.188. The molecule has 1 unspecified atom stereocenters. The molecular weight excluding hydrogens is 341 g/mol. The zero-order valence-electron chi connectivity index (χ0n) is 12.1. The van der Waals surface area contributed by atoms with E-state index in [0.29, 0.717) is 33.0 Å². The summed E-state index contributed by atoms with van der Waals surface area (Å²) >= 11 is 11.9. The summed E-state index contributed by atoms with van der Waals surface area (Å²) in [7, 11) is 0. The lowest BCUT2D eigenvalue weighted by Crippen LogP contribution is -2.30. The van der Waals surface area contributed by atoms with E-state index >= 15 is 0 Å². The Bertz CT molecular complexity index is 751. The van der Waals surface area contributed by atoms with Gasteiger partial charge in [0, 0.05) is 22.8 Å². The maximum atomic E-state index is 12.2. The van der Waals surface area contributed by atoms with Gasteiger partial charge in [0.25, 0.3) is 5.91 Å². The van der Waals surface area contributed by atoms with E-state index in [1.165, 1.54) is 0 Å². The van der Waals surface area contributed by atoms with Crippen LogP contribution in [-0.4, -0.2) is 18.8 Å². The molecule has 3 rings (SSSR count). The van der Waals surface area contributed by atoms with Gasteiger partial charge in [-0.25, -0.2) is 0 Å². The molecule has 1 N–H and O–H groups in total. The molecule has 7 heteroatoms. The van der Waals surface area contributed by atoms with Crippen molar-refractivity contribution < 1.29 is 19.0 Å². The molecule has 1 atom stereocenters. The smallest absolute Gasteiger partial charge is 0.265 e. The Morgan fingerprint density at radius 3 is 2.78 bits per heavy atom. The maximum Gasteiger partial charge on any atom is 0.265 e. The SMILES string of the molecule is CC(Oc1cc(Cl)ccc1Cl)C(=O)Nc1ccc2c(c1)OCO2. The average Bonchev–Trinajstić information content (AvgIpc) is 2.98. The van der Waals surface area contributed by atoms with Crippen molar-refractivity contribution in [3.05, 3.63) is 46.4 Å². The summed E-state index contributed by atoms with van der Waals surface area (Å²) < 4.78 is 16.1. The first-order chi connectivity index (χ1) is 11.0. The third-order valence-corrected chi connectivity index (χ3v) is 3.75. The minimum atomic E-state index is -0.753. The van der Waals surface area contributed by atoms with Crippen molar-refractivity contribution in [3.8, 4) is 17.2 Å². The number of benzene rings is 2. The van der Waals surface area contributed by atoms with Crippen LogP contribution in [0.4, 0.5) is 5.69 Å². The molecule has 120 valence electrons. The summed E-state index contributed by atoms with van der Waals surface area (Å²) in [6.07, 6.45) is -0.753. The van der Waals surface area contributed by atoms with Crippen LogP contribution in [0.5, 0.6) is 17.2 Å². The van der Waals surface area contributed by atoms with Gasteiger partial charge in [-0.2, -0.15) is 0 Å². The van der Waals surface area contributed by atoms with Crippen LogP contribution in [0.25, 0.3) is 0 Å². The highest BCUT2D eigenvalue weighted by Crippen LogP contribution is 2.34. The number of nitrogens with one attached hydrogen (secondary N) is 1. The Kier molecular flexibility index (Phi) is 4.50. The lowest BCUT2D eigenvalue weighted by molar-refractivity contribution is -0.122. The molecule has 23 heavy (non-hydrogen) atoms. The van der Waals surface area contributed by atoms with Gasteiger partial charge in [-0.1, -0.05) is 23.2 Å². The van der Waals surface area contributed by atoms with Gasteiger partial charge in [-0.05, 0) is 31.2 Å². The zero-order valence-corrected chi connectivity index (χ0v) is 13.6. The van der Waals surface area contributed by atoms with E-state index in [2.05, 4.69) is 5.32 Å². The molecule has 1 aliphatic rings. The second-order valence-corrected chi connectivity index (χ2v) is 5.74. The van der Waals surface area contributed by atoms with E-state index < -0.39 is 6.10 Å². The van der Waals surface area contributed by atoms with Crippen molar-refractivity contribution in [2.75, 3.05) is 12.1 Å². The second kappa shape index (κ2) is 6.56. The van der Waals surface area contributed by atoms with Crippen molar-refractivity contribution in [2.45, 2.75) is 13.0 Å². The van der Waals surface area contributed by atoms with Crippen LogP contribution < -0.4 is 19.5 Å². The number of rotatable bonds is 4. The van der Waals surface area contributed by atoms with Crippen LogP contribution in [0.15, 0.2) is 36.4 Å². The zero-order chi connectivity index (χ0) is 16.4. The van der Waals surface area contributed by atoms with Gasteiger partial charge in [0.05, 0.1) is 5.02 Å². The topological polar surface area (TPSA) is 56.8 Å². The fourth-order valence-electron chi connectivity index (χ4n) is 2.03. The van der Waals surface area contributed by atoms with Gasteiger partial charge in [-0.3, -0.25) is 4.79 Å². The van der Waals surface area contributed by atoms with E-state index in [1.807, 2.05) is 0 Å². The Balaban J connectivity index is 1.67. The summed E-state index contributed by atoms with van der Waals surface area (Å²) in [6, 6.07) is 9.98. The molecule has 0 aromatic heterocycles. The van der Waals surface area contributed by atoms with Crippen molar-refractivity contribution in [2.24, 2.45) is 0 Å². The third kappa shape index (κ3) is 3.63. The highest BCUT2D eigenvalue weighted by molar-refractivity contribution is 6.34. The second-order valence-electron chi connectivity index (χ2n) is 4.89. The van der Waals surface area contributed by atoms with Crippen LogP contribution in [0, 0.1) is 0 Å². The Labute approximate surface area is 143 Å². The summed E-state index contributed by atoms with van der Waals surface area (Å²) in [5.74, 6) is 1.28. The Hall–Kier alpha value is -2.11. The predicted molar refractivity (Wildman–Crippen MR) is 87.7 cm³/mol. The van der Waals surface area contributed by atoms with Gasteiger partial charge in [-0.15, -0.1) is 0 Å². The first-order valence-corrected chi connectivity index (χ1v) is 7.61. The van der Waals surface area contributed by atoms with Gasteiger partial charge in [0.1, 0.15) is 5.75 Å². The van der Waals surface area contributed by atoms with Gasteiger partial charge in [0.15, 0.2) is 17.6 Å². The molecular formula is C16H13Cl2NO4. The lowest BCUT2D eigenvalue weighted by atomic mass is 10.2. The minimum Gasteiger partial charge on any atom is -0.479 e. The number of carbonyl (C=O) groups is 1. The number of carbonyl (C=O) groups excluding carboxylic acids is 1. The molecule has 2 aromatic carbocycles. The Morgan fingerprint density at radius 2 is 1.96 bits per heavy atom. The standard InChI is InChI=1S/C16H13Cl2NO4/c1-9(23-14-6-10(17)2-4-12(14)18)16(20)19-11-3-5-13-15(7-11)22-8-21-13/h2-7,9H,8H2,1H3,(H,19,20). The maximum absolute atomic E-state index is 12.2. The summed E-state index contributed by atoms with van der Waals surface area (Å²) in [6.45, 7) is 1.80. The van der Waals surface area contributed by atoms with Crippen molar-refractivity contribution in [1.29, 1.82) is 0 Å². The number of amides is 1.